The van der Waals surface area contributed by atoms with Crippen LogP contribution in [0.1, 0.15) is 6.42 Å². The molecule has 0 radical (unpaired) electrons. The maximum atomic E-state index is 3.86. The highest BCUT2D eigenvalue weighted by molar-refractivity contribution is 5.24. The van der Waals surface area contributed by atoms with Crippen molar-refractivity contribution in [2.75, 3.05) is 11.9 Å². The molecule has 0 aromatic carbocycles. The van der Waals surface area contributed by atoms with Gasteiger partial charge in [0.15, 0.2) is 0 Å². The second-order valence-electron chi connectivity index (χ2n) is 2.13. The Bertz CT molecular complexity index is 184. The Balaban J connectivity index is 2.39. The quantitative estimate of drug-likeness (QED) is 0.533. The van der Waals surface area contributed by atoms with E-state index in [1.165, 1.54) is 6.42 Å². The number of aryl methyl sites for hydroxylation is 1. The average Bonchev–Trinajstić information content (AvgIpc) is 2.33. The highest BCUT2D eigenvalue weighted by atomic mass is 15.3. The normalized spacial score (nSPS) is 16.4. The molecule has 4 nitrogen and oxygen atoms in total. The van der Waals surface area contributed by atoms with Crippen molar-refractivity contribution in [3.8, 4) is 0 Å². The van der Waals surface area contributed by atoms with E-state index in [0.717, 1.165) is 19.0 Å². The summed E-state index contributed by atoms with van der Waals surface area (Å²) >= 11 is 0. The van der Waals surface area contributed by atoms with Crippen molar-refractivity contribution >= 4 is 5.95 Å². The van der Waals surface area contributed by atoms with Gasteiger partial charge in [-0.15, -0.1) is 10.2 Å². The molecule has 0 unspecified atom stereocenters. The van der Waals surface area contributed by atoms with Crippen molar-refractivity contribution in [2.24, 2.45) is 0 Å². The van der Waals surface area contributed by atoms with Gasteiger partial charge in [-0.2, -0.15) is 0 Å². The highest BCUT2D eigenvalue weighted by Crippen LogP contribution is 2.07. The van der Waals surface area contributed by atoms with E-state index in [-0.39, 0.29) is 0 Å². The second kappa shape index (κ2) is 1.72. The van der Waals surface area contributed by atoms with Crippen LogP contribution >= 0.6 is 0 Å². The molecule has 48 valence electrons. The second-order valence-corrected chi connectivity index (χ2v) is 2.13. The topological polar surface area (TPSA) is 42.7 Å². The summed E-state index contributed by atoms with van der Waals surface area (Å²) in [6, 6.07) is 0. The summed E-state index contributed by atoms with van der Waals surface area (Å²) < 4.78 is 2.02. The molecule has 0 fully saturated rings. The predicted molar refractivity (Wildman–Crippen MR) is 33.1 cm³/mol. The third-order valence-corrected chi connectivity index (χ3v) is 1.47. The van der Waals surface area contributed by atoms with Crippen LogP contribution in [0.15, 0.2) is 6.33 Å². The van der Waals surface area contributed by atoms with E-state index in [9.17, 15) is 0 Å². The molecule has 9 heavy (non-hydrogen) atoms. The number of aromatic nitrogens is 3. The minimum Gasteiger partial charge on any atom is -0.354 e. The van der Waals surface area contributed by atoms with Crippen molar-refractivity contribution in [2.45, 2.75) is 13.0 Å². The Morgan fingerprint density at radius 1 is 1.67 bits per heavy atom. The van der Waals surface area contributed by atoms with E-state index in [2.05, 4.69) is 15.5 Å². The molecule has 0 bridgehead atoms. The number of hydrogen-bond donors (Lipinski definition) is 1. The van der Waals surface area contributed by atoms with Crippen molar-refractivity contribution in [3.05, 3.63) is 6.33 Å². The summed E-state index contributed by atoms with van der Waals surface area (Å²) in [6.07, 6.45) is 2.92. The highest BCUT2D eigenvalue weighted by Gasteiger charge is 2.06. The summed E-state index contributed by atoms with van der Waals surface area (Å²) in [4.78, 5) is 0. The fraction of sp³-hybridized carbons (Fsp3) is 0.600. The van der Waals surface area contributed by atoms with Gasteiger partial charge in [-0.05, 0) is 6.42 Å². The van der Waals surface area contributed by atoms with Gasteiger partial charge in [0.2, 0.25) is 5.95 Å². The monoisotopic (exact) mass is 124 g/mol. The van der Waals surface area contributed by atoms with Crippen molar-refractivity contribution in [3.63, 3.8) is 0 Å². The van der Waals surface area contributed by atoms with E-state index in [1.807, 2.05) is 4.57 Å². The molecular formula is C5H8N4. The number of hydrogen-bond acceptors (Lipinski definition) is 3. The van der Waals surface area contributed by atoms with Crippen LogP contribution in [-0.4, -0.2) is 21.3 Å². The lowest BCUT2D eigenvalue weighted by molar-refractivity contribution is 0.626. The molecule has 2 rings (SSSR count). The molecule has 0 spiro atoms. The summed E-state index contributed by atoms with van der Waals surface area (Å²) in [5, 5.41) is 10.7. The zero-order chi connectivity index (χ0) is 6.10. The van der Waals surface area contributed by atoms with E-state index >= 15 is 0 Å². The molecule has 0 saturated carbocycles. The zero-order valence-corrected chi connectivity index (χ0v) is 5.04. The number of nitrogens with zero attached hydrogens (tertiary/aromatic N) is 3. The fourth-order valence-electron chi connectivity index (χ4n) is 1.01. The molecule has 2 heterocycles. The molecule has 0 saturated heterocycles. The minimum atomic E-state index is 0.904. The van der Waals surface area contributed by atoms with Crippen LogP contribution in [0.2, 0.25) is 0 Å². The van der Waals surface area contributed by atoms with Gasteiger partial charge in [0.05, 0.1) is 0 Å². The average molecular weight is 124 g/mol. The standard InChI is InChI=1S/C5H8N4/c1-2-6-5-8-7-4-9(5)3-1/h4H,1-3H2,(H,6,8). The van der Waals surface area contributed by atoms with Crippen LogP contribution in [0, 0.1) is 0 Å². The molecular weight excluding hydrogens is 116 g/mol. The first-order chi connectivity index (χ1) is 4.47. The fourth-order valence-corrected chi connectivity index (χ4v) is 1.01. The Morgan fingerprint density at radius 3 is 3.56 bits per heavy atom. The molecule has 0 atom stereocenters. The van der Waals surface area contributed by atoms with Gasteiger partial charge in [-0.25, -0.2) is 0 Å². The van der Waals surface area contributed by atoms with Crippen LogP contribution in [0.25, 0.3) is 0 Å². The number of nitrogens with one attached hydrogen (secondary N) is 1. The third kappa shape index (κ3) is 0.667. The van der Waals surface area contributed by atoms with Crippen LogP contribution in [-0.2, 0) is 6.54 Å². The number of fused-ring (bicyclic) bond motifs is 1. The molecule has 1 aliphatic rings. The molecule has 1 aromatic heterocycles. The minimum absolute atomic E-state index is 0.904. The molecule has 1 aromatic rings. The summed E-state index contributed by atoms with van der Waals surface area (Å²) in [5.41, 5.74) is 0. The lowest BCUT2D eigenvalue weighted by atomic mass is 10.4. The van der Waals surface area contributed by atoms with Crippen LogP contribution < -0.4 is 5.32 Å². The van der Waals surface area contributed by atoms with Crippen molar-refractivity contribution in [1.82, 2.24) is 14.8 Å². The zero-order valence-electron chi connectivity index (χ0n) is 5.04. The van der Waals surface area contributed by atoms with Gasteiger partial charge in [0, 0.05) is 13.1 Å². The number of rotatable bonds is 0. The van der Waals surface area contributed by atoms with Crippen molar-refractivity contribution in [1.29, 1.82) is 0 Å². The maximum absolute atomic E-state index is 3.86. The van der Waals surface area contributed by atoms with Gasteiger partial charge in [0.1, 0.15) is 6.33 Å². The van der Waals surface area contributed by atoms with E-state index < -0.39 is 0 Å². The van der Waals surface area contributed by atoms with Gasteiger partial charge in [-0.3, -0.25) is 0 Å². The van der Waals surface area contributed by atoms with Crippen LogP contribution in [0.3, 0.4) is 0 Å². The van der Waals surface area contributed by atoms with Crippen molar-refractivity contribution < 1.29 is 0 Å². The molecule has 4 heteroatoms. The molecule has 1 aliphatic heterocycles. The summed E-state index contributed by atoms with van der Waals surface area (Å²) in [6.45, 7) is 2.08. The van der Waals surface area contributed by atoms with E-state index in [0.29, 0.717) is 0 Å². The third-order valence-electron chi connectivity index (χ3n) is 1.47. The SMILES string of the molecule is c1nnc2n1CCCN2. The molecule has 0 amide bonds. The Kier molecular flexibility index (Phi) is 0.913. The first-order valence-electron chi connectivity index (χ1n) is 3.08. The Hall–Kier alpha value is -1.06. The smallest absolute Gasteiger partial charge is 0.224 e. The van der Waals surface area contributed by atoms with Gasteiger partial charge in [0.25, 0.3) is 0 Å². The maximum Gasteiger partial charge on any atom is 0.224 e. The van der Waals surface area contributed by atoms with Crippen LogP contribution in [0.4, 0.5) is 5.95 Å². The largest absolute Gasteiger partial charge is 0.354 e. The van der Waals surface area contributed by atoms with E-state index in [4.69, 9.17) is 0 Å². The number of anilines is 1. The van der Waals surface area contributed by atoms with E-state index in [1.54, 1.807) is 6.33 Å². The lowest BCUT2D eigenvalue weighted by Crippen LogP contribution is -2.16. The Morgan fingerprint density at radius 2 is 2.67 bits per heavy atom. The molecule has 1 N–H and O–H groups in total. The molecule has 0 aliphatic carbocycles. The summed E-state index contributed by atoms with van der Waals surface area (Å²) in [5.74, 6) is 0.904. The van der Waals surface area contributed by atoms with Gasteiger partial charge >= 0.3 is 0 Å². The Labute approximate surface area is 52.9 Å². The predicted octanol–water partition coefficient (Wildman–Crippen LogP) is 0.0937. The first-order valence-corrected chi connectivity index (χ1v) is 3.08. The lowest BCUT2D eigenvalue weighted by Gasteiger charge is -2.12. The van der Waals surface area contributed by atoms with Gasteiger partial charge in [-0.1, -0.05) is 0 Å². The first kappa shape index (κ1) is 4.78. The van der Waals surface area contributed by atoms with Gasteiger partial charge < -0.3 is 9.88 Å². The summed E-state index contributed by atoms with van der Waals surface area (Å²) in [7, 11) is 0. The van der Waals surface area contributed by atoms with Crippen LogP contribution in [0.5, 0.6) is 0 Å².